The predicted molar refractivity (Wildman–Crippen MR) is 127 cm³/mol. The Morgan fingerprint density at radius 3 is 2.38 bits per heavy atom. The first-order valence-corrected chi connectivity index (χ1v) is 11.3. The van der Waals surface area contributed by atoms with E-state index in [-0.39, 0.29) is 16.9 Å². The van der Waals surface area contributed by atoms with Crippen LogP contribution in [0.25, 0.3) is 5.57 Å². The van der Waals surface area contributed by atoms with Crippen molar-refractivity contribution < 1.29 is 32.5 Å². The highest BCUT2D eigenvalue weighted by atomic mass is 19.4. The summed E-state index contributed by atoms with van der Waals surface area (Å²) in [6, 6.07) is 8.74. The Hall–Kier alpha value is -2.80. The number of unbranched alkanes of at least 4 members (excludes halogenated alkanes) is 2. The van der Waals surface area contributed by atoms with E-state index in [1.165, 1.54) is 12.1 Å². The maximum absolute atomic E-state index is 13.8. The third kappa shape index (κ3) is 7.35. The molecule has 7 heteroatoms. The Labute approximate surface area is 199 Å². The van der Waals surface area contributed by atoms with Crippen LogP contribution >= 0.6 is 0 Å². The number of alkyl halides is 3. The fraction of sp³-hybridized carbons (Fsp3) is 0.444. The minimum Gasteiger partial charge on any atom is -0.488 e. The molecule has 2 rings (SSSR count). The molecule has 0 aliphatic rings. The number of benzene rings is 2. The van der Waals surface area contributed by atoms with Gasteiger partial charge in [0.1, 0.15) is 17.6 Å². The summed E-state index contributed by atoms with van der Waals surface area (Å²) < 4.78 is 52.4. The standard InChI is InChI=1S/C27H33F3O4/c1-7-8-9-10-20-12-14-22(23(15-20)27(28,29)30)18(3)25(31)34-24-16-21(13-11-17(24)2)33-19(4)26(5,6)32/h11-16,19,32H,3,7-10H2,1-2,4-6H3. The maximum atomic E-state index is 13.8. The molecule has 0 saturated heterocycles. The lowest BCUT2D eigenvalue weighted by Crippen LogP contribution is -2.37. The number of halogens is 3. The Bertz CT molecular complexity index is 1020. The summed E-state index contributed by atoms with van der Waals surface area (Å²) in [6.45, 7) is 12.2. The van der Waals surface area contributed by atoms with Crippen LogP contribution in [-0.4, -0.2) is 22.8 Å². The summed E-state index contributed by atoms with van der Waals surface area (Å²) in [5.41, 5.74) is -1.55. The molecular formula is C27H33F3O4. The second kappa shape index (κ2) is 11.1. The average Bonchev–Trinajstić information content (AvgIpc) is 2.74. The number of esters is 1. The van der Waals surface area contributed by atoms with Gasteiger partial charge in [-0.25, -0.2) is 4.79 Å². The number of ether oxygens (including phenoxy) is 2. The zero-order chi connectivity index (χ0) is 25.7. The van der Waals surface area contributed by atoms with Gasteiger partial charge in [0.2, 0.25) is 0 Å². The number of hydrogen-bond acceptors (Lipinski definition) is 4. The first-order chi connectivity index (χ1) is 15.7. The molecule has 0 radical (unpaired) electrons. The van der Waals surface area contributed by atoms with Crippen LogP contribution in [0, 0.1) is 6.92 Å². The lowest BCUT2D eigenvalue weighted by atomic mass is 9.96. The van der Waals surface area contributed by atoms with Gasteiger partial charge in [0.05, 0.1) is 16.7 Å². The second-order valence-corrected chi connectivity index (χ2v) is 9.04. The van der Waals surface area contributed by atoms with E-state index in [9.17, 15) is 23.1 Å². The molecule has 1 unspecified atom stereocenters. The van der Waals surface area contributed by atoms with E-state index in [1.54, 1.807) is 45.9 Å². The average molecular weight is 479 g/mol. The van der Waals surface area contributed by atoms with E-state index < -0.39 is 29.4 Å². The van der Waals surface area contributed by atoms with Gasteiger partial charge < -0.3 is 14.6 Å². The van der Waals surface area contributed by atoms with E-state index in [0.29, 0.717) is 23.3 Å². The van der Waals surface area contributed by atoms with Crippen molar-refractivity contribution in [3.63, 3.8) is 0 Å². The van der Waals surface area contributed by atoms with Gasteiger partial charge in [-0.15, -0.1) is 0 Å². The van der Waals surface area contributed by atoms with Gasteiger partial charge in [-0.3, -0.25) is 0 Å². The smallest absolute Gasteiger partial charge is 0.417 e. The maximum Gasteiger partial charge on any atom is 0.417 e. The van der Waals surface area contributed by atoms with Crippen LogP contribution in [0.2, 0.25) is 0 Å². The third-order valence-corrected chi connectivity index (χ3v) is 5.70. The molecule has 34 heavy (non-hydrogen) atoms. The minimum atomic E-state index is -4.64. The fourth-order valence-corrected chi connectivity index (χ4v) is 3.21. The molecule has 0 fully saturated rings. The van der Waals surface area contributed by atoms with Crippen molar-refractivity contribution >= 4 is 11.5 Å². The van der Waals surface area contributed by atoms with Crippen molar-refractivity contribution in [1.82, 2.24) is 0 Å². The molecule has 186 valence electrons. The van der Waals surface area contributed by atoms with E-state index >= 15 is 0 Å². The highest BCUT2D eigenvalue weighted by molar-refractivity contribution is 6.17. The molecule has 0 bridgehead atoms. The summed E-state index contributed by atoms with van der Waals surface area (Å²) >= 11 is 0. The Morgan fingerprint density at radius 2 is 1.79 bits per heavy atom. The van der Waals surface area contributed by atoms with E-state index in [1.807, 2.05) is 6.92 Å². The fourth-order valence-electron chi connectivity index (χ4n) is 3.21. The first kappa shape index (κ1) is 27.4. The molecule has 2 aromatic carbocycles. The lowest BCUT2D eigenvalue weighted by molar-refractivity contribution is -0.137. The Kier molecular flexibility index (Phi) is 8.95. The van der Waals surface area contributed by atoms with Gasteiger partial charge in [-0.2, -0.15) is 13.2 Å². The normalized spacial score (nSPS) is 12.9. The van der Waals surface area contributed by atoms with E-state index in [4.69, 9.17) is 9.47 Å². The van der Waals surface area contributed by atoms with Crippen molar-refractivity contribution in [2.75, 3.05) is 0 Å². The number of aryl methyl sites for hydroxylation is 2. The molecule has 1 N–H and O–H groups in total. The number of aliphatic hydroxyl groups is 1. The van der Waals surface area contributed by atoms with Crippen LogP contribution in [0.5, 0.6) is 11.5 Å². The van der Waals surface area contributed by atoms with Gasteiger partial charge in [0.25, 0.3) is 0 Å². The monoisotopic (exact) mass is 478 g/mol. The molecule has 4 nitrogen and oxygen atoms in total. The van der Waals surface area contributed by atoms with Gasteiger partial charge in [-0.05, 0) is 63.8 Å². The Balaban J connectivity index is 2.27. The first-order valence-electron chi connectivity index (χ1n) is 11.3. The molecule has 0 spiro atoms. The quantitative estimate of drug-likeness (QED) is 0.175. The van der Waals surface area contributed by atoms with Crippen LogP contribution in [0.1, 0.15) is 69.2 Å². The molecule has 0 aliphatic carbocycles. The number of hydrogen-bond donors (Lipinski definition) is 1. The van der Waals surface area contributed by atoms with Gasteiger partial charge >= 0.3 is 12.1 Å². The van der Waals surface area contributed by atoms with Crippen molar-refractivity contribution in [3.05, 3.63) is 65.2 Å². The van der Waals surface area contributed by atoms with Crippen LogP contribution in [0.4, 0.5) is 13.2 Å². The molecule has 0 aliphatic heterocycles. The third-order valence-electron chi connectivity index (χ3n) is 5.70. The predicted octanol–water partition coefficient (Wildman–Crippen LogP) is 6.90. The number of carbonyl (C=O) groups is 1. The van der Waals surface area contributed by atoms with Crippen molar-refractivity contribution in [2.24, 2.45) is 0 Å². The zero-order valence-corrected chi connectivity index (χ0v) is 20.4. The summed E-state index contributed by atoms with van der Waals surface area (Å²) in [5, 5.41) is 10.1. The van der Waals surface area contributed by atoms with Crippen molar-refractivity contribution in [1.29, 1.82) is 0 Å². The highest BCUT2D eigenvalue weighted by Crippen LogP contribution is 2.36. The summed E-state index contributed by atoms with van der Waals surface area (Å²) in [5.74, 6) is -0.502. The highest BCUT2D eigenvalue weighted by Gasteiger charge is 2.35. The van der Waals surface area contributed by atoms with E-state index in [0.717, 1.165) is 25.3 Å². The topological polar surface area (TPSA) is 55.8 Å². The van der Waals surface area contributed by atoms with E-state index in [2.05, 4.69) is 6.58 Å². The molecule has 0 heterocycles. The van der Waals surface area contributed by atoms with Crippen LogP contribution < -0.4 is 9.47 Å². The summed E-state index contributed by atoms with van der Waals surface area (Å²) in [6.07, 6.45) is -1.98. The zero-order valence-electron chi connectivity index (χ0n) is 20.4. The largest absolute Gasteiger partial charge is 0.488 e. The SMILES string of the molecule is C=C(C(=O)Oc1cc(OC(C)C(C)(C)O)ccc1C)c1ccc(CCCCC)cc1C(F)(F)F. The van der Waals surface area contributed by atoms with Gasteiger partial charge in [-0.1, -0.05) is 44.5 Å². The number of rotatable bonds is 10. The minimum absolute atomic E-state index is 0.136. The summed E-state index contributed by atoms with van der Waals surface area (Å²) in [7, 11) is 0. The van der Waals surface area contributed by atoms with Crippen LogP contribution in [0.15, 0.2) is 43.0 Å². The van der Waals surface area contributed by atoms with Gasteiger partial charge in [0, 0.05) is 11.6 Å². The summed E-state index contributed by atoms with van der Waals surface area (Å²) in [4.78, 5) is 12.8. The molecule has 0 amide bonds. The van der Waals surface area contributed by atoms with Crippen molar-refractivity contribution in [2.45, 2.75) is 78.2 Å². The van der Waals surface area contributed by atoms with Crippen LogP contribution in [-0.2, 0) is 17.4 Å². The molecular weight excluding hydrogens is 445 g/mol. The number of carbonyl (C=O) groups excluding carboxylic acids is 1. The lowest BCUT2D eigenvalue weighted by Gasteiger charge is -2.26. The Morgan fingerprint density at radius 1 is 1.12 bits per heavy atom. The van der Waals surface area contributed by atoms with Gasteiger partial charge in [0.15, 0.2) is 0 Å². The molecule has 0 saturated carbocycles. The molecule has 0 aromatic heterocycles. The molecule has 2 aromatic rings. The second-order valence-electron chi connectivity index (χ2n) is 9.04. The van der Waals surface area contributed by atoms with Crippen molar-refractivity contribution in [3.8, 4) is 11.5 Å². The molecule has 1 atom stereocenters. The van der Waals surface area contributed by atoms with Crippen LogP contribution in [0.3, 0.4) is 0 Å².